The molecule has 4 aromatic rings. The molecule has 346 valence electrons. The van der Waals surface area contributed by atoms with E-state index in [-0.39, 0.29) is 22.4 Å². The summed E-state index contributed by atoms with van der Waals surface area (Å²) in [5.41, 5.74) is -16.8. The van der Waals surface area contributed by atoms with Gasteiger partial charge in [0.25, 0.3) is 0 Å². The van der Waals surface area contributed by atoms with Gasteiger partial charge in [-0.3, -0.25) is 0 Å². The van der Waals surface area contributed by atoms with Gasteiger partial charge in [-0.1, -0.05) is 0 Å². The summed E-state index contributed by atoms with van der Waals surface area (Å²) < 4.78 is 341. The van der Waals surface area contributed by atoms with E-state index in [1.165, 1.54) is 0 Å². The van der Waals surface area contributed by atoms with Crippen LogP contribution in [0.5, 0.6) is 0 Å². The molecular weight excluding hydrogens is 1030 g/mol. The zero-order chi connectivity index (χ0) is 46.5. The molecule has 0 radical (unpaired) electrons. The van der Waals surface area contributed by atoms with Crippen molar-refractivity contribution in [2.45, 2.75) is 62.7 Å². The molecule has 0 saturated carbocycles. The van der Waals surface area contributed by atoms with Crippen molar-refractivity contribution in [2.75, 3.05) is 0 Å². The molecular formula is C22H8AgBF28N8. The SMILES string of the molecule is FC(F)(F)c1cc(C(F)(F)F)n(Cn2nc(C(F)(F)F)cc2C(F)(F)F)n1.FC(F)(F)c1cc(C(F)(F)F)n(Cn2nc(C(F)(F)F)cc2C(F)(F)F)n1.F[B-](F)(F)F.[Ag+]. The van der Waals surface area contributed by atoms with E-state index in [0.29, 0.717) is 0 Å². The van der Waals surface area contributed by atoms with Crippen LogP contribution in [0.1, 0.15) is 45.6 Å². The molecule has 0 fully saturated rings. The Morgan fingerprint density at radius 3 is 0.550 bits per heavy atom. The summed E-state index contributed by atoms with van der Waals surface area (Å²) in [7, 11) is -6.00. The summed E-state index contributed by atoms with van der Waals surface area (Å²) in [6.07, 6.45) is -43.4. The summed E-state index contributed by atoms with van der Waals surface area (Å²) in [5.74, 6) is 0. The second-order valence-corrected chi connectivity index (χ2v) is 10.4. The molecule has 0 saturated heterocycles. The first-order valence-electron chi connectivity index (χ1n) is 13.6. The van der Waals surface area contributed by atoms with E-state index in [0.717, 1.165) is 0 Å². The first kappa shape index (κ1) is 53.7. The van der Waals surface area contributed by atoms with Crippen molar-refractivity contribution in [1.82, 2.24) is 39.1 Å². The normalized spacial score (nSPS) is 13.7. The van der Waals surface area contributed by atoms with Crippen molar-refractivity contribution >= 4 is 7.25 Å². The molecule has 60 heavy (non-hydrogen) atoms. The van der Waals surface area contributed by atoms with Gasteiger partial charge in [0, 0.05) is 24.3 Å². The minimum atomic E-state index is -6.00. The van der Waals surface area contributed by atoms with Crippen LogP contribution in [-0.4, -0.2) is 46.4 Å². The van der Waals surface area contributed by atoms with Gasteiger partial charge in [-0.15, -0.1) is 0 Å². The third-order valence-electron chi connectivity index (χ3n) is 5.98. The van der Waals surface area contributed by atoms with Crippen molar-refractivity contribution in [3.63, 3.8) is 0 Å². The molecule has 38 heteroatoms. The molecule has 4 rings (SSSR count). The predicted octanol–water partition coefficient (Wildman–Crippen LogP) is 10.6. The fourth-order valence-corrected chi connectivity index (χ4v) is 3.82. The van der Waals surface area contributed by atoms with Gasteiger partial charge in [0.1, 0.15) is 36.1 Å². The minimum absolute atomic E-state index is 0. The third kappa shape index (κ3) is 15.0. The molecule has 0 atom stereocenters. The largest absolute Gasteiger partial charge is 1.00 e. The summed E-state index contributed by atoms with van der Waals surface area (Å²) in [5, 5.41) is 10.0. The van der Waals surface area contributed by atoms with Crippen LogP contribution in [0.3, 0.4) is 0 Å². The Labute approximate surface area is 324 Å². The molecule has 0 aliphatic carbocycles. The van der Waals surface area contributed by atoms with E-state index in [4.69, 9.17) is 0 Å². The molecule has 0 spiro atoms. The Hall–Kier alpha value is -4.31. The number of hydrogen-bond donors (Lipinski definition) is 0. The zero-order valence-corrected chi connectivity index (χ0v) is 28.2. The van der Waals surface area contributed by atoms with Crippen LogP contribution < -0.4 is 0 Å². The maximum atomic E-state index is 12.8. The fourth-order valence-electron chi connectivity index (χ4n) is 3.82. The molecule has 0 aliphatic heterocycles. The Bertz CT molecular complexity index is 1740. The predicted molar refractivity (Wildman–Crippen MR) is 130 cm³/mol. The van der Waals surface area contributed by atoms with Gasteiger partial charge in [0.15, 0.2) is 22.8 Å². The monoisotopic (exact) mass is 1030 g/mol. The van der Waals surface area contributed by atoms with Crippen molar-refractivity contribution in [3.8, 4) is 0 Å². The number of nitrogens with zero attached hydrogens (tertiary/aromatic N) is 8. The maximum Gasteiger partial charge on any atom is 1.00 e. The fraction of sp³-hybridized carbons (Fsp3) is 0.455. The quantitative estimate of drug-likeness (QED) is 0.151. The summed E-state index contributed by atoms with van der Waals surface area (Å²) >= 11 is 0. The van der Waals surface area contributed by atoms with Crippen LogP contribution >= 0.6 is 0 Å². The topological polar surface area (TPSA) is 71.3 Å². The number of halogens is 28. The average molecular weight is 1030 g/mol. The van der Waals surface area contributed by atoms with E-state index in [9.17, 15) is 123 Å². The van der Waals surface area contributed by atoms with Crippen LogP contribution in [0.15, 0.2) is 24.3 Å². The van der Waals surface area contributed by atoms with Crippen LogP contribution in [-0.2, 0) is 85.1 Å². The second-order valence-electron chi connectivity index (χ2n) is 10.4. The third-order valence-corrected chi connectivity index (χ3v) is 5.98. The van der Waals surface area contributed by atoms with Crippen LogP contribution in [0.4, 0.5) is 123 Å². The van der Waals surface area contributed by atoms with Gasteiger partial charge in [0.05, 0.1) is 0 Å². The smallest absolute Gasteiger partial charge is 0.418 e. The Kier molecular flexibility index (Phi) is 15.4. The molecule has 0 amide bonds. The van der Waals surface area contributed by atoms with Gasteiger partial charge in [-0.2, -0.15) is 126 Å². The molecule has 0 aliphatic rings. The molecule has 4 heterocycles. The second kappa shape index (κ2) is 17.2. The summed E-state index contributed by atoms with van der Waals surface area (Å²) in [6.45, 7) is -3.59. The van der Waals surface area contributed by atoms with Gasteiger partial charge in [0.2, 0.25) is 0 Å². The van der Waals surface area contributed by atoms with E-state index in [1.54, 1.807) is 0 Å². The number of hydrogen-bond acceptors (Lipinski definition) is 4. The minimum Gasteiger partial charge on any atom is -0.418 e. The number of alkyl halides is 24. The first-order chi connectivity index (χ1) is 25.8. The van der Waals surface area contributed by atoms with E-state index < -0.39 is 159 Å². The van der Waals surface area contributed by atoms with Crippen molar-refractivity contribution in [3.05, 3.63) is 69.8 Å². The van der Waals surface area contributed by atoms with E-state index in [1.807, 2.05) is 0 Å². The average Bonchev–Trinajstić information content (AvgIpc) is 3.74. The number of aromatic nitrogens is 8. The van der Waals surface area contributed by atoms with Gasteiger partial charge in [-0.05, 0) is 0 Å². The zero-order valence-electron chi connectivity index (χ0n) is 26.8. The standard InChI is InChI=1S/2C11H4F12N4.Ag.BF4/c2*12-8(13,14)4-1-6(10(18,19)20)26(24-4)3-27-7(11(21,22)23)2-5(25-27)9(15,16)17;;2-1(3,4)5/h2*1-2H,3H2;;/q;;+1;-1. The van der Waals surface area contributed by atoms with Gasteiger partial charge >= 0.3 is 79.0 Å². The van der Waals surface area contributed by atoms with Crippen molar-refractivity contribution in [2.24, 2.45) is 0 Å². The Morgan fingerprint density at radius 1 is 0.317 bits per heavy atom. The van der Waals surface area contributed by atoms with Gasteiger partial charge in [-0.25, -0.2) is 18.7 Å². The molecule has 8 nitrogen and oxygen atoms in total. The molecule has 4 aromatic heterocycles. The molecule has 0 unspecified atom stereocenters. The molecule has 0 aromatic carbocycles. The van der Waals surface area contributed by atoms with E-state index in [2.05, 4.69) is 20.4 Å². The maximum absolute atomic E-state index is 12.8. The van der Waals surface area contributed by atoms with Crippen LogP contribution in [0.25, 0.3) is 0 Å². The molecule has 0 bridgehead atoms. The van der Waals surface area contributed by atoms with Crippen LogP contribution in [0, 0.1) is 0 Å². The van der Waals surface area contributed by atoms with E-state index >= 15 is 0 Å². The first-order valence-corrected chi connectivity index (χ1v) is 13.6. The summed E-state index contributed by atoms with van der Waals surface area (Å²) in [4.78, 5) is 0. The Morgan fingerprint density at radius 2 is 0.450 bits per heavy atom. The molecule has 0 N–H and O–H groups in total. The summed E-state index contributed by atoms with van der Waals surface area (Å²) in [6, 6.07) is -1.94. The van der Waals surface area contributed by atoms with Crippen LogP contribution in [0.2, 0.25) is 0 Å². The Balaban J connectivity index is 0.000000531. The van der Waals surface area contributed by atoms with Gasteiger partial charge < -0.3 is 17.3 Å². The van der Waals surface area contributed by atoms with Crippen molar-refractivity contribution < 1.29 is 145 Å². The van der Waals surface area contributed by atoms with Crippen molar-refractivity contribution in [1.29, 1.82) is 0 Å². The number of rotatable bonds is 4.